The Hall–Kier alpha value is -1.71. The van der Waals surface area contributed by atoms with E-state index in [2.05, 4.69) is 10.6 Å². The van der Waals surface area contributed by atoms with E-state index in [1.54, 1.807) is 0 Å². The number of aliphatic hydroxyl groups is 2. The summed E-state index contributed by atoms with van der Waals surface area (Å²) >= 11 is 0. The van der Waals surface area contributed by atoms with E-state index in [-0.39, 0.29) is 0 Å². The third kappa shape index (κ3) is 5.08. The fraction of sp³-hybridized carbons (Fsp3) is 0.667. The number of carbonyl (C=O) groups is 3. The Morgan fingerprint density at radius 2 is 1.67 bits per heavy atom. The molecule has 104 valence electrons. The molecule has 3 atom stereocenters. The van der Waals surface area contributed by atoms with Crippen LogP contribution in [-0.4, -0.2) is 64.4 Å². The molecule has 0 aromatic heterocycles. The van der Waals surface area contributed by atoms with Gasteiger partial charge < -0.3 is 31.7 Å². The molecule has 7 N–H and O–H groups in total. The second kappa shape index (κ2) is 7.58. The van der Waals surface area contributed by atoms with Crippen LogP contribution in [0.1, 0.15) is 6.92 Å². The average Bonchev–Trinajstić information content (AvgIpc) is 2.33. The van der Waals surface area contributed by atoms with Crippen LogP contribution in [0, 0.1) is 0 Å². The van der Waals surface area contributed by atoms with Gasteiger partial charge in [0.15, 0.2) is 0 Å². The Bertz CT molecular complexity index is 321. The van der Waals surface area contributed by atoms with Gasteiger partial charge in [-0.05, 0) is 6.92 Å². The maximum Gasteiger partial charge on any atom is 0.325 e. The SMILES string of the molecule is CC(NC(=O)C(CO)NC(=O)C(N)CO)C(=O)O. The van der Waals surface area contributed by atoms with Gasteiger partial charge in [0.1, 0.15) is 18.1 Å². The van der Waals surface area contributed by atoms with Gasteiger partial charge in [0, 0.05) is 0 Å². The minimum absolute atomic E-state index is 0.614. The van der Waals surface area contributed by atoms with E-state index in [0.717, 1.165) is 0 Å². The molecule has 0 aromatic carbocycles. The summed E-state index contributed by atoms with van der Waals surface area (Å²) < 4.78 is 0. The molecule has 0 saturated carbocycles. The Labute approximate surface area is 103 Å². The molecule has 0 heterocycles. The maximum atomic E-state index is 11.5. The van der Waals surface area contributed by atoms with Gasteiger partial charge in [0.2, 0.25) is 11.8 Å². The zero-order valence-corrected chi connectivity index (χ0v) is 9.79. The Balaban J connectivity index is 4.45. The number of hydrogen-bond donors (Lipinski definition) is 6. The van der Waals surface area contributed by atoms with E-state index in [4.69, 9.17) is 21.1 Å². The quantitative estimate of drug-likeness (QED) is 0.276. The van der Waals surface area contributed by atoms with E-state index in [0.29, 0.717) is 0 Å². The standard InChI is InChI=1S/C9H17N3O6/c1-4(9(17)18)11-8(16)6(3-14)12-7(15)5(10)2-13/h4-6,13-14H,2-3,10H2,1H3,(H,11,16)(H,12,15)(H,17,18). The predicted molar refractivity (Wildman–Crippen MR) is 59.3 cm³/mol. The van der Waals surface area contributed by atoms with Crippen molar-refractivity contribution < 1.29 is 29.7 Å². The summed E-state index contributed by atoms with van der Waals surface area (Å²) in [5, 5.41) is 30.3. The van der Waals surface area contributed by atoms with Gasteiger partial charge in [0.05, 0.1) is 13.2 Å². The van der Waals surface area contributed by atoms with E-state index in [9.17, 15) is 14.4 Å². The van der Waals surface area contributed by atoms with Crippen LogP contribution in [0.25, 0.3) is 0 Å². The topological polar surface area (TPSA) is 162 Å². The first-order valence-corrected chi connectivity index (χ1v) is 5.14. The maximum absolute atomic E-state index is 11.5. The largest absolute Gasteiger partial charge is 0.480 e. The lowest BCUT2D eigenvalue weighted by Gasteiger charge is -2.19. The highest BCUT2D eigenvalue weighted by molar-refractivity contribution is 5.91. The third-order valence-corrected chi connectivity index (χ3v) is 2.08. The molecule has 9 nitrogen and oxygen atoms in total. The van der Waals surface area contributed by atoms with Crippen molar-refractivity contribution in [3.05, 3.63) is 0 Å². The normalized spacial score (nSPS) is 15.3. The molecule has 0 aliphatic heterocycles. The number of carbonyl (C=O) groups excluding carboxylic acids is 2. The Morgan fingerprint density at radius 1 is 1.11 bits per heavy atom. The summed E-state index contributed by atoms with van der Waals surface area (Å²) in [4.78, 5) is 33.3. The lowest BCUT2D eigenvalue weighted by Crippen LogP contribution is -2.55. The molecule has 0 spiro atoms. The minimum atomic E-state index is -1.32. The molecule has 3 unspecified atom stereocenters. The van der Waals surface area contributed by atoms with Crippen LogP contribution >= 0.6 is 0 Å². The van der Waals surface area contributed by atoms with Crippen molar-refractivity contribution >= 4 is 17.8 Å². The van der Waals surface area contributed by atoms with Gasteiger partial charge in [-0.3, -0.25) is 14.4 Å². The average molecular weight is 263 g/mol. The minimum Gasteiger partial charge on any atom is -0.480 e. The highest BCUT2D eigenvalue weighted by atomic mass is 16.4. The zero-order valence-electron chi connectivity index (χ0n) is 9.79. The molecular weight excluding hydrogens is 246 g/mol. The lowest BCUT2D eigenvalue weighted by atomic mass is 10.2. The van der Waals surface area contributed by atoms with Crippen molar-refractivity contribution in [3.63, 3.8) is 0 Å². The number of hydrogen-bond acceptors (Lipinski definition) is 6. The van der Waals surface area contributed by atoms with Crippen molar-refractivity contribution in [3.8, 4) is 0 Å². The molecule has 0 aromatic rings. The molecular formula is C9H17N3O6. The van der Waals surface area contributed by atoms with E-state index in [1.165, 1.54) is 6.92 Å². The zero-order chi connectivity index (χ0) is 14.3. The van der Waals surface area contributed by atoms with Gasteiger partial charge in [-0.2, -0.15) is 0 Å². The van der Waals surface area contributed by atoms with Crippen LogP contribution < -0.4 is 16.4 Å². The Kier molecular flexibility index (Phi) is 6.86. The third-order valence-electron chi connectivity index (χ3n) is 2.08. The first-order valence-electron chi connectivity index (χ1n) is 5.14. The smallest absolute Gasteiger partial charge is 0.325 e. The molecule has 0 aliphatic rings. The summed E-state index contributed by atoms with van der Waals surface area (Å²) in [5.74, 6) is -2.93. The number of aliphatic hydroxyl groups excluding tert-OH is 2. The number of nitrogens with one attached hydrogen (secondary N) is 2. The highest BCUT2D eigenvalue weighted by Gasteiger charge is 2.25. The highest BCUT2D eigenvalue weighted by Crippen LogP contribution is 1.89. The van der Waals surface area contributed by atoms with Gasteiger partial charge in [-0.1, -0.05) is 0 Å². The summed E-state index contributed by atoms with van der Waals surface area (Å²) in [5.41, 5.74) is 5.20. The summed E-state index contributed by atoms with van der Waals surface area (Å²) in [6.45, 7) is -0.102. The van der Waals surface area contributed by atoms with Gasteiger partial charge >= 0.3 is 5.97 Å². The van der Waals surface area contributed by atoms with Gasteiger partial charge in [-0.25, -0.2) is 0 Å². The van der Waals surface area contributed by atoms with Crippen LogP contribution in [0.2, 0.25) is 0 Å². The molecule has 0 bridgehead atoms. The lowest BCUT2D eigenvalue weighted by molar-refractivity contribution is -0.142. The van der Waals surface area contributed by atoms with Crippen LogP contribution in [0.4, 0.5) is 0 Å². The van der Waals surface area contributed by atoms with E-state index in [1.807, 2.05) is 0 Å². The molecule has 18 heavy (non-hydrogen) atoms. The Morgan fingerprint density at radius 3 is 2.06 bits per heavy atom. The van der Waals surface area contributed by atoms with Crippen molar-refractivity contribution in [2.45, 2.75) is 25.0 Å². The van der Waals surface area contributed by atoms with Crippen LogP contribution in [0.5, 0.6) is 0 Å². The molecule has 0 saturated heterocycles. The van der Waals surface area contributed by atoms with Crippen molar-refractivity contribution in [2.75, 3.05) is 13.2 Å². The molecule has 0 aliphatic carbocycles. The number of carboxylic acid groups (broad SMARTS) is 1. The molecule has 0 rings (SSSR count). The second-order valence-corrected chi connectivity index (χ2v) is 3.60. The van der Waals surface area contributed by atoms with Crippen molar-refractivity contribution in [2.24, 2.45) is 5.73 Å². The first-order chi connectivity index (χ1) is 8.33. The summed E-state index contributed by atoms with van der Waals surface area (Å²) in [6.07, 6.45) is 0. The number of aliphatic carboxylic acids is 1. The van der Waals surface area contributed by atoms with Crippen LogP contribution in [-0.2, 0) is 14.4 Å². The number of carboxylic acids is 1. The van der Waals surface area contributed by atoms with Crippen molar-refractivity contribution in [1.29, 1.82) is 0 Å². The monoisotopic (exact) mass is 263 g/mol. The fourth-order valence-corrected chi connectivity index (χ4v) is 0.931. The molecule has 0 fully saturated rings. The first kappa shape index (κ1) is 16.3. The predicted octanol–water partition coefficient (Wildman–Crippen LogP) is -3.63. The molecule has 9 heteroatoms. The number of amides is 2. The van der Waals surface area contributed by atoms with Crippen LogP contribution in [0.3, 0.4) is 0 Å². The van der Waals surface area contributed by atoms with E-state index < -0.39 is 49.1 Å². The number of nitrogens with two attached hydrogens (primary N) is 1. The van der Waals surface area contributed by atoms with Gasteiger partial charge in [0.25, 0.3) is 0 Å². The molecule has 0 radical (unpaired) electrons. The van der Waals surface area contributed by atoms with Crippen LogP contribution in [0.15, 0.2) is 0 Å². The second-order valence-electron chi connectivity index (χ2n) is 3.60. The number of rotatable bonds is 7. The summed E-state index contributed by atoms with van der Waals surface area (Å²) in [7, 11) is 0. The van der Waals surface area contributed by atoms with Crippen molar-refractivity contribution in [1.82, 2.24) is 10.6 Å². The van der Waals surface area contributed by atoms with E-state index >= 15 is 0 Å². The van der Waals surface area contributed by atoms with Gasteiger partial charge in [-0.15, -0.1) is 0 Å². The molecule has 2 amide bonds. The fourth-order valence-electron chi connectivity index (χ4n) is 0.931. The summed E-state index contributed by atoms with van der Waals surface area (Å²) in [6, 6.07) is -3.70.